The second-order valence-electron chi connectivity index (χ2n) is 7.31. The molecular weight excluding hydrogens is 302 g/mol. The Morgan fingerprint density at radius 2 is 2.04 bits per heavy atom. The predicted molar refractivity (Wildman–Crippen MR) is 91.8 cm³/mol. The van der Waals surface area contributed by atoms with Crippen LogP contribution in [-0.4, -0.2) is 58.3 Å². The van der Waals surface area contributed by atoms with Crippen LogP contribution in [0.25, 0.3) is 0 Å². The van der Waals surface area contributed by atoms with Crippen LogP contribution >= 0.6 is 0 Å². The van der Waals surface area contributed by atoms with Crippen molar-refractivity contribution in [2.75, 3.05) is 27.2 Å². The second kappa shape index (κ2) is 5.95. The van der Waals surface area contributed by atoms with Gasteiger partial charge in [-0.25, -0.2) is 4.68 Å². The van der Waals surface area contributed by atoms with Gasteiger partial charge < -0.3 is 15.3 Å². The van der Waals surface area contributed by atoms with Crippen LogP contribution in [0.3, 0.4) is 0 Å². The Bertz CT molecular complexity index is 720. The molecule has 0 amide bonds. The molecule has 2 aromatic rings. The van der Waals surface area contributed by atoms with E-state index in [9.17, 15) is 5.11 Å². The topological polar surface area (TPSA) is 66.2 Å². The summed E-state index contributed by atoms with van der Waals surface area (Å²) in [5, 5.41) is 23.4. The van der Waals surface area contributed by atoms with E-state index in [4.69, 9.17) is 0 Å². The van der Waals surface area contributed by atoms with E-state index in [1.165, 1.54) is 11.1 Å². The van der Waals surface area contributed by atoms with Gasteiger partial charge in [-0.2, -0.15) is 0 Å². The zero-order valence-electron chi connectivity index (χ0n) is 14.3. The first-order valence-electron chi connectivity index (χ1n) is 8.65. The van der Waals surface area contributed by atoms with Gasteiger partial charge in [-0.1, -0.05) is 29.5 Å². The first-order chi connectivity index (χ1) is 11.6. The summed E-state index contributed by atoms with van der Waals surface area (Å²) in [6.07, 6.45) is 3.43. The Hall–Kier alpha value is -1.76. The number of aliphatic hydroxyl groups excluding tert-OH is 1. The van der Waals surface area contributed by atoms with E-state index >= 15 is 0 Å². The van der Waals surface area contributed by atoms with Gasteiger partial charge in [0, 0.05) is 12.0 Å². The van der Waals surface area contributed by atoms with Gasteiger partial charge in [0.15, 0.2) is 0 Å². The number of benzene rings is 1. The van der Waals surface area contributed by atoms with Gasteiger partial charge in [0.1, 0.15) is 6.04 Å². The van der Waals surface area contributed by atoms with Crippen molar-refractivity contribution >= 4 is 0 Å². The molecule has 6 heteroatoms. The third-order valence-corrected chi connectivity index (χ3v) is 5.50. The lowest BCUT2D eigenvalue weighted by atomic mass is 9.72. The Morgan fingerprint density at radius 1 is 1.29 bits per heavy atom. The number of aliphatic hydroxyl groups is 1. The number of piperidine rings is 1. The standard InChI is InChI=1S/C18H25N5O/c1-22(2)11-13-12-23(21-20-13)16-14-5-3-4-6-15(14)18(17(16)24)7-9-19-10-8-18/h3-6,12,16-17,19,24H,7-11H2,1-2H3/t16-,17+/m0/s1. The molecule has 2 aliphatic rings. The summed E-state index contributed by atoms with van der Waals surface area (Å²) in [5.74, 6) is 0. The molecule has 1 aromatic carbocycles. The summed E-state index contributed by atoms with van der Waals surface area (Å²) in [6, 6.07) is 8.30. The zero-order chi connectivity index (χ0) is 16.7. The van der Waals surface area contributed by atoms with Gasteiger partial charge in [-0.15, -0.1) is 5.10 Å². The van der Waals surface area contributed by atoms with E-state index in [0.29, 0.717) is 0 Å². The van der Waals surface area contributed by atoms with E-state index in [-0.39, 0.29) is 11.5 Å². The van der Waals surface area contributed by atoms with E-state index in [0.717, 1.165) is 38.2 Å². The monoisotopic (exact) mass is 327 g/mol. The number of rotatable bonds is 3. The lowest BCUT2D eigenvalue weighted by Gasteiger charge is -2.38. The van der Waals surface area contributed by atoms with Crippen molar-refractivity contribution in [2.45, 2.75) is 36.9 Å². The molecule has 1 saturated heterocycles. The van der Waals surface area contributed by atoms with Crippen molar-refractivity contribution in [3.63, 3.8) is 0 Å². The molecule has 1 spiro atoms. The average molecular weight is 327 g/mol. The highest BCUT2D eigenvalue weighted by atomic mass is 16.3. The molecular formula is C18H25N5O. The van der Waals surface area contributed by atoms with Crippen LogP contribution in [0, 0.1) is 0 Å². The van der Waals surface area contributed by atoms with Crippen molar-refractivity contribution in [1.82, 2.24) is 25.2 Å². The summed E-state index contributed by atoms with van der Waals surface area (Å²) < 4.78 is 1.86. The molecule has 0 bridgehead atoms. The Morgan fingerprint density at radius 3 is 2.79 bits per heavy atom. The Balaban J connectivity index is 1.75. The molecule has 1 aromatic heterocycles. The van der Waals surface area contributed by atoms with Gasteiger partial charge in [-0.3, -0.25) is 0 Å². The normalized spacial score (nSPS) is 25.3. The van der Waals surface area contributed by atoms with E-state index in [1.54, 1.807) is 0 Å². The molecule has 1 aliphatic heterocycles. The van der Waals surface area contributed by atoms with Crippen LogP contribution in [0.15, 0.2) is 30.5 Å². The molecule has 2 N–H and O–H groups in total. The molecule has 1 aliphatic carbocycles. The second-order valence-corrected chi connectivity index (χ2v) is 7.31. The minimum atomic E-state index is -0.467. The Kier molecular flexibility index (Phi) is 3.90. The highest BCUT2D eigenvalue weighted by molar-refractivity contribution is 5.45. The molecule has 2 atom stereocenters. The van der Waals surface area contributed by atoms with Crippen LogP contribution < -0.4 is 5.32 Å². The number of nitrogens with one attached hydrogen (secondary N) is 1. The molecule has 1 fully saturated rings. The third kappa shape index (κ3) is 2.37. The van der Waals surface area contributed by atoms with Crippen LogP contribution in [0.5, 0.6) is 0 Å². The van der Waals surface area contributed by atoms with E-state index < -0.39 is 6.10 Å². The fraction of sp³-hybridized carbons (Fsp3) is 0.556. The summed E-state index contributed by atoms with van der Waals surface area (Å²) >= 11 is 0. The largest absolute Gasteiger partial charge is 0.390 e. The van der Waals surface area contributed by atoms with Gasteiger partial charge >= 0.3 is 0 Å². The maximum Gasteiger partial charge on any atom is 0.106 e. The van der Waals surface area contributed by atoms with Crippen LogP contribution in [0.2, 0.25) is 0 Å². The summed E-state index contributed by atoms with van der Waals surface area (Å²) in [4.78, 5) is 2.07. The number of fused-ring (bicyclic) bond motifs is 2. The number of hydrogen-bond donors (Lipinski definition) is 2. The lowest BCUT2D eigenvalue weighted by Crippen LogP contribution is -2.47. The van der Waals surface area contributed by atoms with E-state index in [2.05, 4.69) is 44.8 Å². The molecule has 4 rings (SSSR count). The van der Waals surface area contributed by atoms with Gasteiger partial charge in [0.25, 0.3) is 0 Å². The predicted octanol–water partition coefficient (Wildman–Crippen LogP) is 0.925. The van der Waals surface area contributed by atoms with Crippen molar-refractivity contribution in [1.29, 1.82) is 0 Å². The quantitative estimate of drug-likeness (QED) is 0.878. The molecule has 24 heavy (non-hydrogen) atoms. The average Bonchev–Trinajstić information content (AvgIpc) is 3.11. The van der Waals surface area contributed by atoms with Crippen LogP contribution in [0.4, 0.5) is 0 Å². The highest BCUT2D eigenvalue weighted by Gasteiger charge is 2.52. The molecule has 0 radical (unpaired) electrons. The maximum absolute atomic E-state index is 11.3. The first-order valence-corrected chi connectivity index (χ1v) is 8.65. The maximum atomic E-state index is 11.3. The number of nitrogens with zero attached hydrogens (tertiary/aromatic N) is 4. The van der Waals surface area contributed by atoms with Crippen molar-refractivity contribution in [3.05, 3.63) is 47.3 Å². The number of aromatic nitrogens is 3. The minimum Gasteiger partial charge on any atom is -0.390 e. The fourth-order valence-corrected chi connectivity index (χ4v) is 4.41. The van der Waals surface area contributed by atoms with Gasteiger partial charge in [-0.05, 0) is 51.2 Å². The SMILES string of the molecule is CN(C)Cc1cn([C@H]2c3ccccc3C3(CCNCC3)[C@@H]2O)nn1. The van der Waals surface area contributed by atoms with Crippen LogP contribution in [0.1, 0.15) is 35.7 Å². The smallest absolute Gasteiger partial charge is 0.106 e. The zero-order valence-corrected chi connectivity index (χ0v) is 14.3. The van der Waals surface area contributed by atoms with Crippen molar-refractivity contribution < 1.29 is 5.11 Å². The molecule has 6 nitrogen and oxygen atoms in total. The van der Waals surface area contributed by atoms with Gasteiger partial charge in [0.05, 0.1) is 18.0 Å². The highest BCUT2D eigenvalue weighted by Crippen LogP contribution is 2.51. The van der Waals surface area contributed by atoms with Gasteiger partial charge in [0.2, 0.25) is 0 Å². The summed E-state index contributed by atoms with van der Waals surface area (Å²) in [5.41, 5.74) is 3.23. The van der Waals surface area contributed by atoms with Crippen molar-refractivity contribution in [2.24, 2.45) is 0 Å². The lowest BCUT2D eigenvalue weighted by molar-refractivity contribution is 0.0421. The first kappa shape index (κ1) is 15.7. The van der Waals surface area contributed by atoms with E-state index in [1.807, 2.05) is 25.0 Å². The number of hydrogen-bond acceptors (Lipinski definition) is 5. The molecule has 0 saturated carbocycles. The fourth-order valence-electron chi connectivity index (χ4n) is 4.41. The Labute approximate surface area is 142 Å². The minimum absolute atomic E-state index is 0.150. The molecule has 128 valence electrons. The van der Waals surface area contributed by atoms with Crippen molar-refractivity contribution in [3.8, 4) is 0 Å². The molecule has 0 unspecified atom stereocenters. The molecule has 2 heterocycles. The summed E-state index contributed by atoms with van der Waals surface area (Å²) in [7, 11) is 4.03. The third-order valence-electron chi connectivity index (χ3n) is 5.50. The summed E-state index contributed by atoms with van der Waals surface area (Å²) in [6.45, 7) is 2.64. The van der Waals surface area contributed by atoms with Crippen LogP contribution in [-0.2, 0) is 12.0 Å².